The van der Waals surface area contributed by atoms with Crippen LogP contribution in [0.5, 0.6) is 5.75 Å². The zero-order valence-corrected chi connectivity index (χ0v) is 9.41. The smallest absolute Gasteiger partial charge is 0.381 e. The van der Waals surface area contributed by atoms with Crippen LogP contribution in [0.4, 0.5) is 4.39 Å². The molecule has 0 bridgehead atoms. The quantitative estimate of drug-likeness (QED) is 0.666. The van der Waals surface area contributed by atoms with Gasteiger partial charge >= 0.3 is 11.9 Å². The molecule has 1 aromatic carbocycles. The number of carbonyl (C=O) groups excluding carboxylic acids is 1. The summed E-state index contributed by atoms with van der Waals surface area (Å²) in [6, 6.07) is 6.09. The molecular weight excluding hydrogens is 255 g/mol. The number of aromatic nitrogens is 2. The molecular formula is C12H7FN2O4. The highest BCUT2D eigenvalue weighted by atomic mass is 19.1. The van der Waals surface area contributed by atoms with Gasteiger partial charge < -0.3 is 9.84 Å². The normalized spacial score (nSPS) is 9.95. The van der Waals surface area contributed by atoms with Crippen molar-refractivity contribution in [2.45, 2.75) is 0 Å². The minimum absolute atomic E-state index is 0.0191. The van der Waals surface area contributed by atoms with E-state index in [4.69, 9.17) is 9.84 Å². The first-order chi connectivity index (χ1) is 9.06. The standard InChI is InChI=1S/C12H7FN2O4/c13-7-2-1-3-8(6-7)19-12(18)10-14-5-4-9(15-10)11(16)17/h1-6H,(H,16,17). The molecule has 1 aromatic heterocycles. The molecule has 2 rings (SSSR count). The van der Waals surface area contributed by atoms with Gasteiger partial charge in [0.2, 0.25) is 5.82 Å². The lowest BCUT2D eigenvalue weighted by Crippen LogP contribution is -2.15. The molecule has 0 aliphatic heterocycles. The van der Waals surface area contributed by atoms with E-state index < -0.39 is 23.6 Å². The molecule has 19 heavy (non-hydrogen) atoms. The van der Waals surface area contributed by atoms with Crippen LogP contribution in [-0.2, 0) is 0 Å². The monoisotopic (exact) mass is 262 g/mol. The van der Waals surface area contributed by atoms with Crippen molar-refractivity contribution in [2.24, 2.45) is 0 Å². The fourth-order valence-corrected chi connectivity index (χ4v) is 1.26. The summed E-state index contributed by atoms with van der Waals surface area (Å²) in [6.45, 7) is 0. The number of halogens is 1. The Morgan fingerprint density at radius 1 is 1.26 bits per heavy atom. The molecule has 7 heteroatoms. The van der Waals surface area contributed by atoms with Crippen molar-refractivity contribution in [3.63, 3.8) is 0 Å². The lowest BCUT2D eigenvalue weighted by molar-refractivity contribution is 0.0688. The first kappa shape index (κ1) is 12.6. The zero-order valence-electron chi connectivity index (χ0n) is 9.41. The number of ether oxygens (including phenoxy) is 1. The summed E-state index contributed by atoms with van der Waals surface area (Å²) in [6.07, 6.45) is 1.12. The van der Waals surface area contributed by atoms with Gasteiger partial charge in [-0.05, 0) is 18.2 Å². The van der Waals surface area contributed by atoms with Crippen molar-refractivity contribution in [1.82, 2.24) is 9.97 Å². The highest BCUT2D eigenvalue weighted by molar-refractivity contribution is 5.90. The topological polar surface area (TPSA) is 89.4 Å². The second kappa shape index (κ2) is 5.21. The molecule has 1 heterocycles. The number of carboxylic acid groups (broad SMARTS) is 1. The molecule has 0 radical (unpaired) electrons. The number of esters is 1. The largest absolute Gasteiger partial charge is 0.477 e. The Hall–Kier alpha value is -2.83. The number of carboxylic acids is 1. The highest BCUT2D eigenvalue weighted by Crippen LogP contribution is 2.13. The third-order valence-electron chi connectivity index (χ3n) is 2.06. The van der Waals surface area contributed by atoms with Crippen LogP contribution in [0.3, 0.4) is 0 Å². The number of nitrogens with zero attached hydrogens (tertiary/aromatic N) is 2. The zero-order chi connectivity index (χ0) is 13.8. The van der Waals surface area contributed by atoms with Gasteiger partial charge in [-0.25, -0.2) is 23.9 Å². The number of hydrogen-bond acceptors (Lipinski definition) is 5. The Morgan fingerprint density at radius 3 is 2.74 bits per heavy atom. The van der Waals surface area contributed by atoms with Gasteiger partial charge in [0.25, 0.3) is 0 Å². The Bertz CT molecular complexity index is 645. The second-order valence-corrected chi connectivity index (χ2v) is 3.42. The maximum atomic E-state index is 12.9. The van der Waals surface area contributed by atoms with Crippen LogP contribution in [0.2, 0.25) is 0 Å². The third kappa shape index (κ3) is 3.09. The van der Waals surface area contributed by atoms with Gasteiger partial charge in [0, 0.05) is 12.3 Å². The molecule has 0 aliphatic rings. The Kier molecular flexibility index (Phi) is 3.46. The van der Waals surface area contributed by atoms with Crippen LogP contribution in [0, 0.1) is 5.82 Å². The molecule has 1 N–H and O–H groups in total. The number of aromatic carboxylic acids is 1. The molecule has 0 atom stereocenters. The average Bonchev–Trinajstić information content (AvgIpc) is 2.39. The van der Waals surface area contributed by atoms with Crippen molar-refractivity contribution in [2.75, 3.05) is 0 Å². The molecule has 0 spiro atoms. The lowest BCUT2D eigenvalue weighted by Gasteiger charge is -2.03. The Balaban J connectivity index is 2.20. The van der Waals surface area contributed by atoms with E-state index in [0.29, 0.717) is 0 Å². The Morgan fingerprint density at radius 2 is 2.05 bits per heavy atom. The molecule has 0 saturated carbocycles. The van der Waals surface area contributed by atoms with Crippen LogP contribution >= 0.6 is 0 Å². The summed E-state index contributed by atoms with van der Waals surface area (Å²) in [5, 5.41) is 8.73. The number of carbonyl (C=O) groups is 2. The van der Waals surface area contributed by atoms with Crippen LogP contribution in [-0.4, -0.2) is 27.0 Å². The fourth-order valence-electron chi connectivity index (χ4n) is 1.26. The van der Waals surface area contributed by atoms with E-state index in [1.807, 2.05) is 0 Å². The van der Waals surface area contributed by atoms with Gasteiger partial charge in [-0.1, -0.05) is 6.07 Å². The minimum atomic E-state index is -1.29. The van der Waals surface area contributed by atoms with Crippen molar-refractivity contribution in [3.05, 3.63) is 53.9 Å². The Labute approximate surface area is 106 Å². The van der Waals surface area contributed by atoms with Crippen LogP contribution < -0.4 is 4.74 Å². The maximum Gasteiger partial charge on any atom is 0.381 e. The predicted octanol–water partition coefficient (Wildman–Crippen LogP) is 1.53. The van der Waals surface area contributed by atoms with Gasteiger partial charge in [0.1, 0.15) is 11.6 Å². The highest BCUT2D eigenvalue weighted by Gasteiger charge is 2.15. The summed E-state index contributed by atoms with van der Waals surface area (Å²) in [5.74, 6) is -3.25. The van der Waals surface area contributed by atoms with Crippen molar-refractivity contribution < 1.29 is 23.8 Å². The molecule has 96 valence electrons. The molecule has 0 unspecified atom stereocenters. The van der Waals surface area contributed by atoms with Crippen molar-refractivity contribution in [3.8, 4) is 5.75 Å². The van der Waals surface area contributed by atoms with Crippen LogP contribution in [0.25, 0.3) is 0 Å². The van der Waals surface area contributed by atoms with Crippen molar-refractivity contribution in [1.29, 1.82) is 0 Å². The lowest BCUT2D eigenvalue weighted by atomic mass is 10.3. The number of rotatable bonds is 3. The summed E-state index contributed by atoms with van der Waals surface area (Å²) >= 11 is 0. The molecule has 0 amide bonds. The molecule has 0 aliphatic carbocycles. The third-order valence-corrected chi connectivity index (χ3v) is 2.06. The van der Waals surface area contributed by atoms with Gasteiger partial charge in [-0.15, -0.1) is 0 Å². The minimum Gasteiger partial charge on any atom is -0.477 e. The summed E-state index contributed by atoms with van der Waals surface area (Å²) in [7, 11) is 0. The predicted molar refractivity (Wildman–Crippen MR) is 60.3 cm³/mol. The van der Waals surface area contributed by atoms with Crippen LogP contribution in [0.1, 0.15) is 21.1 Å². The first-order valence-corrected chi connectivity index (χ1v) is 5.10. The van der Waals surface area contributed by atoms with E-state index >= 15 is 0 Å². The van der Waals surface area contributed by atoms with Crippen LogP contribution in [0.15, 0.2) is 36.5 Å². The maximum absolute atomic E-state index is 12.9. The van der Waals surface area contributed by atoms with Crippen molar-refractivity contribution >= 4 is 11.9 Å². The van der Waals surface area contributed by atoms with E-state index in [-0.39, 0.29) is 11.4 Å². The fraction of sp³-hybridized carbons (Fsp3) is 0. The summed E-state index contributed by atoms with van der Waals surface area (Å²) < 4.78 is 17.7. The summed E-state index contributed by atoms with van der Waals surface area (Å²) in [5.41, 5.74) is -0.332. The van der Waals surface area contributed by atoms with E-state index in [0.717, 1.165) is 18.3 Å². The van der Waals surface area contributed by atoms with E-state index in [2.05, 4.69) is 9.97 Å². The second-order valence-electron chi connectivity index (χ2n) is 3.42. The average molecular weight is 262 g/mol. The first-order valence-electron chi connectivity index (χ1n) is 5.10. The van der Waals surface area contributed by atoms with E-state index in [1.165, 1.54) is 18.2 Å². The van der Waals surface area contributed by atoms with Gasteiger partial charge in [0.05, 0.1) is 0 Å². The van der Waals surface area contributed by atoms with Gasteiger partial charge in [0.15, 0.2) is 5.69 Å². The molecule has 6 nitrogen and oxygen atoms in total. The molecule has 0 fully saturated rings. The van der Waals surface area contributed by atoms with Gasteiger partial charge in [-0.2, -0.15) is 0 Å². The molecule has 2 aromatic rings. The number of benzene rings is 1. The van der Waals surface area contributed by atoms with E-state index in [9.17, 15) is 14.0 Å². The van der Waals surface area contributed by atoms with Gasteiger partial charge in [-0.3, -0.25) is 0 Å². The summed E-state index contributed by atoms with van der Waals surface area (Å²) in [4.78, 5) is 29.4. The number of hydrogen-bond donors (Lipinski definition) is 1. The SMILES string of the molecule is O=C(O)c1ccnc(C(=O)Oc2cccc(F)c2)n1. The molecule has 0 saturated heterocycles. The van der Waals surface area contributed by atoms with E-state index in [1.54, 1.807) is 0 Å².